The largest absolute Gasteiger partial charge is 0.490 e. The Kier molecular flexibility index (Phi) is 5.12. The van der Waals surface area contributed by atoms with Crippen LogP contribution in [0, 0.1) is 5.82 Å². The number of halogens is 1. The number of hydrogen-bond donors (Lipinski definition) is 1. The van der Waals surface area contributed by atoms with Gasteiger partial charge in [-0.3, -0.25) is 4.98 Å². The third kappa shape index (κ3) is 4.20. The van der Waals surface area contributed by atoms with Crippen LogP contribution in [0.15, 0.2) is 60.9 Å². The summed E-state index contributed by atoms with van der Waals surface area (Å²) in [4.78, 5) is 4.14. The molecule has 0 saturated heterocycles. The maximum atomic E-state index is 13.2. The van der Waals surface area contributed by atoms with Crippen molar-refractivity contribution in [3.8, 4) is 5.75 Å². The van der Waals surface area contributed by atoms with Gasteiger partial charge in [0.05, 0.1) is 6.10 Å². The minimum absolute atomic E-state index is 0.174. The number of rotatable bonds is 5. The van der Waals surface area contributed by atoms with E-state index in [0.29, 0.717) is 12.6 Å². The van der Waals surface area contributed by atoms with Gasteiger partial charge in [0.15, 0.2) is 0 Å². The molecular formula is C22H23FN2O. The Morgan fingerprint density at radius 2 is 1.88 bits per heavy atom. The van der Waals surface area contributed by atoms with Crippen LogP contribution in [0.4, 0.5) is 4.39 Å². The van der Waals surface area contributed by atoms with Gasteiger partial charge < -0.3 is 10.1 Å². The highest BCUT2D eigenvalue weighted by Crippen LogP contribution is 2.26. The van der Waals surface area contributed by atoms with Crippen molar-refractivity contribution in [3.63, 3.8) is 0 Å². The first-order valence-corrected chi connectivity index (χ1v) is 9.24. The molecule has 4 rings (SSSR count). The summed E-state index contributed by atoms with van der Waals surface area (Å²) in [6, 6.07) is 15.5. The van der Waals surface area contributed by atoms with Crippen LogP contribution in [0.5, 0.6) is 5.75 Å². The summed E-state index contributed by atoms with van der Waals surface area (Å²) in [5, 5.41) is 5.83. The molecule has 1 heterocycles. The fourth-order valence-electron chi connectivity index (χ4n) is 3.62. The normalized spacial score (nSPS) is 20.2. The van der Waals surface area contributed by atoms with Gasteiger partial charge in [-0.15, -0.1) is 0 Å². The Morgan fingerprint density at radius 3 is 2.73 bits per heavy atom. The Balaban J connectivity index is 1.27. The molecule has 1 N–H and O–H groups in total. The van der Waals surface area contributed by atoms with E-state index < -0.39 is 0 Å². The molecule has 134 valence electrons. The summed E-state index contributed by atoms with van der Waals surface area (Å²) in [7, 11) is 0. The second kappa shape index (κ2) is 7.83. The standard InChI is InChI=1S/C22H23FN2O/c23-19-3-1-2-16(12-19)14-25-20-5-8-21(9-6-20)26-22-7-4-18-15-24-11-10-17(18)13-22/h1-4,7,10-13,15,20-21,25H,5-6,8-9,14H2/t20-,21+. The first-order valence-electron chi connectivity index (χ1n) is 9.24. The molecule has 0 unspecified atom stereocenters. The van der Waals surface area contributed by atoms with Gasteiger partial charge in [-0.1, -0.05) is 12.1 Å². The second-order valence-electron chi connectivity index (χ2n) is 6.99. The Hall–Kier alpha value is -2.46. The van der Waals surface area contributed by atoms with Gasteiger partial charge in [-0.25, -0.2) is 4.39 Å². The summed E-state index contributed by atoms with van der Waals surface area (Å²) in [6.45, 7) is 0.715. The Labute approximate surface area is 153 Å². The Bertz CT molecular complexity index is 875. The van der Waals surface area contributed by atoms with Crippen molar-refractivity contribution < 1.29 is 9.13 Å². The Morgan fingerprint density at radius 1 is 1.00 bits per heavy atom. The van der Waals surface area contributed by atoms with E-state index in [2.05, 4.69) is 22.4 Å². The van der Waals surface area contributed by atoms with E-state index >= 15 is 0 Å². The lowest BCUT2D eigenvalue weighted by Crippen LogP contribution is -2.35. The van der Waals surface area contributed by atoms with Gasteiger partial charge in [-0.2, -0.15) is 0 Å². The molecule has 0 amide bonds. The average Bonchev–Trinajstić information content (AvgIpc) is 2.67. The molecule has 1 saturated carbocycles. The van der Waals surface area contributed by atoms with Crippen LogP contribution in [0.2, 0.25) is 0 Å². The number of aromatic nitrogens is 1. The molecule has 1 aliphatic carbocycles. The van der Waals surface area contributed by atoms with Crippen molar-refractivity contribution in [2.45, 2.75) is 44.4 Å². The van der Waals surface area contributed by atoms with Crippen molar-refractivity contribution in [2.24, 2.45) is 0 Å². The van der Waals surface area contributed by atoms with Gasteiger partial charge in [0.25, 0.3) is 0 Å². The van der Waals surface area contributed by atoms with E-state index in [4.69, 9.17) is 4.74 Å². The smallest absolute Gasteiger partial charge is 0.123 e. The zero-order valence-corrected chi connectivity index (χ0v) is 14.7. The first-order chi connectivity index (χ1) is 12.8. The van der Waals surface area contributed by atoms with Crippen LogP contribution >= 0.6 is 0 Å². The van der Waals surface area contributed by atoms with E-state index in [1.54, 1.807) is 12.1 Å². The maximum absolute atomic E-state index is 13.2. The molecule has 26 heavy (non-hydrogen) atoms. The van der Waals surface area contributed by atoms with Crippen molar-refractivity contribution in [1.29, 1.82) is 0 Å². The summed E-state index contributed by atoms with van der Waals surface area (Å²) >= 11 is 0. The predicted octanol–water partition coefficient (Wildman–Crippen LogP) is 4.85. The van der Waals surface area contributed by atoms with Gasteiger partial charge >= 0.3 is 0 Å². The molecule has 1 aromatic heterocycles. The van der Waals surface area contributed by atoms with Gasteiger partial charge in [0.1, 0.15) is 11.6 Å². The number of nitrogens with zero attached hydrogens (tertiary/aromatic N) is 1. The van der Waals surface area contributed by atoms with Crippen LogP contribution in [0.3, 0.4) is 0 Å². The first kappa shape index (κ1) is 17.0. The van der Waals surface area contributed by atoms with Crippen molar-refractivity contribution >= 4 is 10.8 Å². The number of pyridine rings is 1. The SMILES string of the molecule is Fc1cccc(CN[C@H]2CC[C@@H](Oc3ccc4cnccc4c3)CC2)c1. The number of benzene rings is 2. The molecule has 0 atom stereocenters. The van der Waals surface area contributed by atoms with Crippen LogP contribution < -0.4 is 10.1 Å². The molecule has 1 fully saturated rings. The molecule has 4 heteroatoms. The number of fused-ring (bicyclic) bond motifs is 1. The summed E-state index contributed by atoms with van der Waals surface area (Å²) in [5.74, 6) is 0.757. The average molecular weight is 350 g/mol. The molecule has 0 aliphatic heterocycles. The highest BCUT2D eigenvalue weighted by molar-refractivity contribution is 5.82. The molecule has 0 bridgehead atoms. The highest BCUT2D eigenvalue weighted by Gasteiger charge is 2.22. The van der Waals surface area contributed by atoms with Gasteiger partial charge in [0.2, 0.25) is 0 Å². The van der Waals surface area contributed by atoms with E-state index in [1.165, 1.54) is 6.07 Å². The lowest BCUT2D eigenvalue weighted by atomic mass is 9.92. The van der Waals surface area contributed by atoms with E-state index in [0.717, 1.165) is 47.8 Å². The lowest BCUT2D eigenvalue weighted by molar-refractivity contribution is 0.139. The number of ether oxygens (including phenoxy) is 1. The molecule has 1 aliphatic rings. The topological polar surface area (TPSA) is 34.1 Å². The molecule has 0 radical (unpaired) electrons. The third-order valence-electron chi connectivity index (χ3n) is 5.07. The fourth-order valence-corrected chi connectivity index (χ4v) is 3.62. The zero-order valence-electron chi connectivity index (χ0n) is 14.7. The molecule has 3 aromatic rings. The van der Waals surface area contributed by atoms with E-state index in [9.17, 15) is 4.39 Å². The second-order valence-corrected chi connectivity index (χ2v) is 6.99. The van der Waals surface area contributed by atoms with Crippen LogP contribution in [-0.4, -0.2) is 17.1 Å². The van der Waals surface area contributed by atoms with Crippen molar-refractivity contribution in [1.82, 2.24) is 10.3 Å². The minimum Gasteiger partial charge on any atom is -0.490 e. The van der Waals surface area contributed by atoms with E-state index in [1.807, 2.05) is 30.6 Å². The maximum Gasteiger partial charge on any atom is 0.123 e. The minimum atomic E-state index is -0.174. The molecule has 0 spiro atoms. The van der Waals surface area contributed by atoms with E-state index in [-0.39, 0.29) is 11.9 Å². The zero-order chi connectivity index (χ0) is 17.8. The van der Waals surface area contributed by atoms with Gasteiger partial charge in [0, 0.05) is 30.4 Å². The molecular weight excluding hydrogens is 327 g/mol. The third-order valence-corrected chi connectivity index (χ3v) is 5.07. The highest BCUT2D eigenvalue weighted by atomic mass is 19.1. The summed E-state index contributed by atoms with van der Waals surface area (Å²) in [5.41, 5.74) is 0.994. The van der Waals surface area contributed by atoms with Crippen LogP contribution in [0.1, 0.15) is 31.2 Å². The van der Waals surface area contributed by atoms with Crippen molar-refractivity contribution in [3.05, 3.63) is 72.3 Å². The monoisotopic (exact) mass is 350 g/mol. The van der Waals surface area contributed by atoms with Crippen molar-refractivity contribution in [2.75, 3.05) is 0 Å². The molecule has 3 nitrogen and oxygen atoms in total. The van der Waals surface area contributed by atoms with Gasteiger partial charge in [-0.05, 0) is 73.0 Å². The van der Waals surface area contributed by atoms with Crippen LogP contribution in [-0.2, 0) is 6.54 Å². The summed E-state index contributed by atoms with van der Waals surface area (Å²) < 4.78 is 19.4. The van der Waals surface area contributed by atoms with Crippen LogP contribution in [0.25, 0.3) is 10.8 Å². The molecule has 2 aromatic carbocycles. The predicted molar refractivity (Wildman–Crippen MR) is 102 cm³/mol. The number of nitrogens with one attached hydrogen (secondary N) is 1. The summed E-state index contributed by atoms with van der Waals surface area (Å²) in [6.07, 6.45) is 8.18. The quantitative estimate of drug-likeness (QED) is 0.714. The lowest BCUT2D eigenvalue weighted by Gasteiger charge is -2.29. The number of hydrogen-bond acceptors (Lipinski definition) is 3. The fraction of sp³-hybridized carbons (Fsp3) is 0.318.